The molecule has 0 bridgehead atoms. The van der Waals surface area contributed by atoms with Crippen molar-refractivity contribution in [1.82, 2.24) is 4.90 Å². The summed E-state index contributed by atoms with van der Waals surface area (Å²) in [6.07, 6.45) is 6.83. The minimum absolute atomic E-state index is 0.0110. The average Bonchev–Trinajstić information content (AvgIpc) is 2.59. The maximum Gasteiger partial charge on any atom is 0.246 e. The van der Waals surface area contributed by atoms with E-state index in [9.17, 15) is 9.90 Å². The fraction of sp³-hybridized carbons (Fsp3) is 0.421. The molecule has 1 fully saturated rings. The normalized spacial score (nSPS) is 19.6. The molecular weight excluding hydrogens is 326 g/mol. The van der Waals surface area contributed by atoms with E-state index in [2.05, 4.69) is 0 Å². The van der Waals surface area contributed by atoms with Crippen molar-refractivity contribution in [2.75, 3.05) is 19.7 Å². The molecule has 128 valence electrons. The molecule has 0 spiro atoms. The van der Waals surface area contributed by atoms with Gasteiger partial charge < -0.3 is 14.7 Å². The van der Waals surface area contributed by atoms with E-state index in [1.54, 1.807) is 12.1 Å². The molecule has 1 N–H and O–H groups in total. The number of rotatable bonds is 3. The molecule has 24 heavy (non-hydrogen) atoms. The van der Waals surface area contributed by atoms with Crippen LogP contribution in [0.2, 0.25) is 5.02 Å². The lowest BCUT2D eigenvalue weighted by Crippen LogP contribution is -2.40. The Balaban J connectivity index is 1.61. The van der Waals surface area contributed by atoms with Crippen molar-refractivity contribution >= 4 is 23.6 Å². The van der Waals surface area contributed by atoms with Crippen molar-refractivity contribution < 1.29 is 14.6 Å². The third-order valence-corrected chi connectivity index (χ3v) is 4.92. The Morgan fingerprint density at radius 1 is 1.42 bits per heavy atom. The molecule has 0 radical (unpaired) electrons. The molecule has 1 unspecified atom stereocenters. The van der Waals surface area contributed by atoms with Gasteiger partial charge in [-0.05, 0) is 55.5 Å². The zero-order valence-corrected chi connectivity index (χ0v) is 14.5. The predicted molar refractivity (Wildman–Crippen MR) is 95.0 cm³/mol. The number of carbonyl (C=O) groups is 1. The van der Waals surface area contributed by atoms with E-state index >= 15 is 0 Å². The number of ether oxygens (including phenoxy) is 1. The van der Waals surface area contributed by atoms with Crippen molar-refractivity contribution in [3.63, 3.8) is 0 Å². The van der Waals surface area contributed by atoms with Crippen molar-refractivity contribution in [2.24, 2.45) is 5.92 Å². The number of carbonyl (C=O) groups excluding carboxylic acids is 1. The molecular formula is C19H22ClNO3. The largest absolute Gasteiger partial charge is 0.488 e. The van der Waals surface area contributed by atoms with Crippen LogP contribution in [0.15, 0.2) is 35.9 Å². The topological polar surface area (TPSA) is 49.8 Å². The molecule has 1 amide bonds. The zero-order chi connectivity index (χ0) is 17.1. The van der Waals surface area contributed by atoms with Gasteiger partial charge >= 0.3 is 0 Å². The van der Waals surface area contributed by atoms with Crippen LogP contribution < -0.4 is 4.74 Å². The summed E-state index contributed by atoms with van der Waals surface area (Å²) in [4.78, 5) is 14.1. The first-order valence-electron chi connectivity index (χ1n) is 8.31. The lowest BCUT2D eigenvalue weighted by molar-refractivity contribution is -0.127. The molecule has 4 nitrogen and oxygen atoms in total. The maximum absolute atomic E-state index is 12.3. The van der Waals surface area contributed by atoms with Crippen molar-refractivity contribution in [3.8, 4) is 5.75 Å². The molecule has 2 heterocycles. The first-order valence-corrected chi connectivity index (χ1v) is 8.68. The number of aliphatic hydroxyl groups excluding tert-OH is 1. The molecule has 1 aromatic carbocycles. The fourth-order valence-corrected chi connectivity index (χ4v) is 3.33. The molecule has 0 aromatic heterocycles. The summed E-state index contributed by atoms with van der Waals surface area (Å²) in [5.41, 5.74) is 1.87. The minimum atomic E-state index is -0.297. The summed E-state index contributed by atoms with van der Waals surface area (Å²) in [5.74, 6) is 1.12. The zero-order valence-electron chi connectivity index (χ0n) is 13.7. The molecule has 1 atom stereocenters. The first kappa shape index (κ1) is 17.1. The summed E-state index contributed by atoms with van der Waals surface area (Å²) in [7, 11) is 0. The minimum Gasteiger partial charge on any atom is -0.488 e. The quantitative estimate of drug-likeness (QED) is 0.853. The number of hydrogen-bond acceptors (Lipinski definition) is 3. The van der Waals surface area contributed by atoms with Gasteiger partial charge in [0.2, 0.25) is 5.91 Å². The van der Waals surface area contributed by atoms with Crippen LogP contribution in [0, 0.1) is 5.92 Å². The van der Waals surface area contributed by atoms with Gasteiger partial charge in [-0.2, -0.15) is 0 Å². The summed E-state index contributed by atoms with van der Waals surface area (Å²) in [5, 5.41) is 10.3. The SMILES string of the molecule is CC(O)C1CCN(C(=O)C=CC2=Cc3cc(Cl)ccc3OC2)CC1. The van der Waals surface area contributed by atoms with Crippen LogP contribution in [0.25, 0.3) is 6.08 Å². The Kier molecular flexibility index (Phi) is 5.27. The number of amides is 1. The molecule has 0 aliphatic carbocycles. The van der Waals surface area contributed by atoms with Gasteiger partial charge in [-0.25, -0.2) is 0 Å². The van der Waals surface area contributed by atoms with Gasteiger partial charge in [0, 0.05) is 29.8 Å². The smallest absolute Gasteiger partial charge is 0.246 e. The molecule has 2 aliphatic rings. The van der Waals surface area contributed by atoms with Crippen LogP contribution in [-0.4, -0.2) is 41.7 Å². The molecule has 3 rings (SSSR count). The molecule has 1 aromatic rings. The molecule has 2 aliphatic heterocycles. The van der Waals surface area contributed by atoms with Crippen molar-refractivity contribution in [3.05, 3.63) is 46.5 Å². The van der Waals surface area contributed by atoms with Crippen LogP contribution in [0.5, 0.6) is 5.75 Å². The number of halogens is 1. The highest BCUT2D eigenvalue weighted by Crippen LogP contribution is 2.29. The Labute approximate surface area is 147 Å². The number of piperidine rings is 1. The van der Waals surface area contributed by atoms with Crippen LogP contribution in [0.1, 0.15) is 25.3 Å². The average molecular weight is 348 g/mol. The lowest BCUT2D eigenvalue weighted by atomic mass is 9.92. The van der Waals surface area contributed by atoms with Crippen LogP contribution in [0.4, 0.5) is 0 Å². The van der Waals surface area contributed by atoms with Gasteiger partial charge in [0.25, 0.3) is 0 Å². The van der Waals surface area contributed by atoms with Gasteiger partial charge in [-0.3, -0.25) is 4.79 Å². The van der Waals surface area contributed by atoms with E-state index in [0.29, 0.717) is 30.6 Å². The number of nitrogens with zero attached hydrogens (tertiary/aromatic N) is 1. The highest BCUT2D eigenvalue weighted by Gasteiger charge is 2.24. The number of hydrogen-bond donors (Lipinski definition) is 1. The summed E-state index contributed by atoms with van der Waals surface area (Å²) in [6.45, 7) is 3.67. The van der Waals surface area contributed by atoms with E-state index in [1.807, 2.05) is 36.1 Å². The number of aliphatic hydroxyl groups is 1. The van der Waals surface area contributed by atoms with E-state index < -0.39 is 0 Å². The van der Waals surface area contributed by atoms with Gasteiger partial charge in [-0.15, -0.1) is 0 Å². The predicted octanol–water partition coefficient (Wildman–Crippen LogP) is 3.29. The molecule has 1 saturated heterocycles. The highest BCUT2D eigenvalue weighted by atomic mass is 35.5. The summed E-state index contributed by atoms with van der Waals surface area (Å²) in [6, 6.07) is 5.51. The van der Waals surface area contributed by atoms with E-state index in [0.717, 1.165) is 29.7 Å². The molecule has 0 saturated carbocycles. The van der Waals surface area contributed by atoms with Gasteiger partial charge in [-0.1, -0.05) is 17.7 Å². The third-order valence-electron chi connectivity index (χ3n) is 4.68. The number of benzene rings is 1. The van der Waals surface area contributed by atoms with Gasteiger partial charge in [0.1, 0.15) is 12.4 Å². The van der Waals surface area contributed by atoms with E-state index in [-0.39, 0.29) is 12.0 Å². The lowest BCUT2D eigenvalue weighted by Gasteiger charge is -2.32. The number of fused-ring (bicyclic) bond motifs is 1. The fourth-order valence-electron chi connectivity index (χ4n) is 3.15. The van der Waals surface area contributed by atoms with Gasteiger partial charge in [0.05, 0.1) is 6.10 Å². The second-order valence-corrected chi connectivity index (χ2v) is 6.86. The van der Waals surface area contributed by atoms with Crippen LogP contribution in [-0.2, 0) is 4.79 Å². The molecule has 5 heteroatoms. The summed E-state index contributed by atoms with van der Waals surface area (Å²) >= 11 is 6.01. The Morgan fingerprint density at radius 3 is 2.88 bits per heavy atom. The maximum atomic E-state index is 12.3. The second-order valence-electron chi connectivity index (χ2n) is 6.43. The van der Waals surface area contributed by atoms with Crippen LogP contribution in [0.3, 0.4) is 0 Å². The Bertz CT molecular complexity index is 673. The highest BCUT2D eigenvalue weighted by molar-refractivity contribution is 6.30. The Morgan fingerprint density at radius 2 is 2.17 bits per heavy atom. The van der Waals surface area contributed by atoms with Crippen LogP contribution >= 0.6 is 11.6 Å². The standard InChI is InChI=1S/C19H22ClNO3/c1-13(22)15-6-8-21(9-7-15)19(23)5-2-14-10-16-11-17(20)3-4-18(16)24-12-14/h2-5,10-11,13,15,22H,6-9,12H2,1H3. The van der Waals surface area contributed by atoms with Crippen molar-refractivity contribution in [1.29, 1.82) is 0 Å². The van der Waals surface area contributed by atoms with E-state index in [1.165, 1.54) is 0 Å². The summed E-state index contributed by atoms with van der Waals surface area (Å²) < 4.78 is 5.68. The Hall–Kier alpha value is -1.78. The number of likely N-dealkylation sites (tertiary alicyclic amines) is 1. The van der Waals surface area contributed by atoms with Gasteiger partial charge in [0.15, 0.2) is 0 Å². The van der Waals surface area contributed by atoms with E-state index in [4.69, 9.17) is 16.3 Å². The third kappa shape index (κ3) is 4.00. The van der Waals surface area contributed by atoms with Crippen molar-refractivity contribution in [2.45, 2.75) is 25.9 Å². The second kappa shape index (κ2) is 7.41. The first-order chi connectivity index (χ1) is 11.5. The monoisotopic (exact) mass is 347 g/mol.